The number of nitrogens with zero attached hydrogens (tertiary/aromatic N) is 2. The van der Waals surface area contributed by atoms with Crippen molar-refractivity contribution in [1.29, 1.82) is 0 Å². The molecule has 1 aromatic heterocycles. The first kappa shape index (κ1) is 25.2. The number of nitrogens with one attached hydrogen (secondary N) is 2. The molecule has 2 aromatic carbocycles. The Morgan fingerprint density at radius 2 is 1.72 bits per heavy atom. The number of pyridine rings is 1. The molecule has 0 spiro atoms. The third-order valence-electron chi connectivity index (χ3n) is 6.09. The standard InChI is InChI=1S/C28H32N4O4/c1-28(2,3)36-27(35)31-24-16-22-9-5-4-8-21(22)15-23(24)26(34)32-13-10-20(11-14-32)25(33)30-18-19-7-6-12-29-17-19/h4-9,12,15-17,20H,10-11,13-14,18H2,1-3H3,(H,30,33)(H,31,35). The topological polar surface area (TPSA) is 101 Å². The molecular weight excluding hydrogens is 456 g/mol. The molecule has 1 fully saturated rings. The van der Waals surface area contributed by atoms with E-state index in [4.69, 9.17) is 4.74 Å². The fourth-order valence-electron chi connectivity index (χ4n) is 4.29. The van der Waals surface area contributed by atoms with Gasteiger partial charge in [-0.1, -0.05) is 30.3 Å². The van der Waals surface area contributed by atoms with Crippen molar-refractivity contribution in [3.8, 4) is 0 Å². The van der Waals surface area contributed by atoms with Crippen LogP contribution in [0, 0.1) is 5.92 Å². The molecule has 4 rings (SSSR count). The minimum absolute atomic E-state index is 0.0102. The molecular formula is C28H32N4O4. The minimum atomic E-state index is -0.662. The summed E-state index contributed by atoms with van der Waals surface area (Å²) in [5, 5.41) is 7.54. The number of ether oxygens (including phenoxy) is 1. The molecule has 2 N–H and O–H groups in total. The maximum Gasteiger partial charge on any atom is 0.412 e. The van der Waals surface area contributed by atoms with Gasteiger partial charge in [-0.2, -0.15) is 0 Å². The van der Waals surface area contributed by atoms with E-state index in [1.807, 2.05) is 36.4 Å². The summed E-state index contributed by atoms with van der Waals surface area (Å²) in [5.74, 6) is -0.341. The summed E-state index contributed by atoms with van der Waals surface area (Å²) in [5.41, 5.74) is 1.09. The van der Waals surface area contributed by atoms with Crippen molar-refractivity contribution in [2.75, 3.05) is 18.4 Å². The molecule has 3 amide bonds. The molecule has 1 aliphatic heterocycles. The van der Waals surface area contributed by atoms with Crippen LogP contribution in [-0.4, -0.2) is 46.5 Å². The van der Waals surface area contributed by atoms with Crippen molar-refractivity contribution in [1.82, 2.24) is 15.2 Å². The van der Waals surface area contributed by atoms with E-state index in [9.17, 15) is 14.4 Å². The van der Waals surface area contributed by atoms with Crippen molar-refractivity contribution in [3.63, 3.8) is 0 Å². The Bertz CT molecular complexity index is 1250. The monoisotopic (exact) mass is 488 g/mol. The Hall–Kier alpha value is -3.94. The van der Waals surface area contributed by atoms with Crippen LogP contribution in [0.5, 0.6) is 0 Å². The molecule has 1 aliphatic rings. The zero-order valence-corrected chi connectivity index (χ0v) is 20.9. The van der Waals surface area contributed by atoms with Gasteiger partial charge in [-0.25, -0.2) is 4.79 Å². The molecule has 8 heteroatoms. The summed E-state index contributed by atoms with van der Waals surface area (Å²) in [6.45, 7) is 6.72. The average molecular weight is 489 g/mol. The van der Waals surface area contributed by atoms with Gasteiger partial charge in [-0.05, 0) is 68.1 Å². The van der Waals surface area contributed by atoms with Crippen LogP contribution >= 0.6 is 0 Å². The molecule has 0 atom stereocenters. The summed E-state index contributed by atoms with van der Waals surface area (Å²) < 4.78 is 5.41. The van der Waals surface area contributed by atoms with E-state index in [1.54, 1.807) is 50.2 Å². The van der Waals surface area contributed by atoms with Crippen molar-refractivity contribution in [3.05, 3.63) is 72.1 Å². The number of piperidine rings is 1. The highest BCUT2D eigenvalue weighted by Gasteiger charge is 2.29. The summed E-state index contributed by atoms with van der Waals surface area (Å²) in [6, 6.07) is 15.0. The number of fused-ring (bicyclic) bond motifs is 1. The Balaban J connectivity index is 1.44. The lowest BCUT2D eigenvalue weighted by Gasteiger charge is -2.32. The molecule has 0 saturated carbocycles. The lowest BCUT2D eigenvalue weighted by atomic mass is 9.95. The Morgan fingerprint density at radius 3 is 2.36 bits per heavy atom. The van der Waals surface area contributed by atoms with Gasteiger partial charge in [0.1, 0.15) is 5.60 Å². The predicted octanol–water partition coefficient (Wildman–Crippen LogP) is 4.75. The van der Waals surface area contributed by atoms with Gasteiger partial charge in [0.15, 0.2) is 0 Å². The molecule has 36 heavy (non-hydrogen) atoms. The van der Waals surface area contributed by atoms with E-state index in [0.29, 0.717) is 43.7 Å². The van der Waals surface area contributed by atoms with E-state index in [0.717, 1.165) is 16.3 Å². The van der Waals surface area contributed by atoms with Gasteiger partial charge in [0, 0.05) is 37.9 Å². The number of likely N-dealkylation sites (tertiary alicyclic amines) is 1. The number of benzene rings is 2. The fraction of sp³-hybridized carbons (Fsp3) is 0.357. The van der Waals surface area contributed by atoms with Crippen LogP contribution in [0.3, 0.4) is 0 Å². The number of hydrogen-bond donors (Lipinski definition) is 2. The molecule has 0 unspecified atom stereocenters. The van der Waals surface area contributed by atoms with Crippen LogP contribution in [0.25, 0.3) is 10.8 Å². The molecule has 1 saturated heterocycles. The Morgan fingerprint density at radius 1 is 1.03 bits per heavy atom. The predicted molar refractivity (Wildman–Crippen MR) is 139 cm³/mol. The van der Waals surface area contributed by atoms with Gasteiger partial charge in [-0.15, -0.1) is 0 Å². The van der Waals surface area contributed by atoms with Crippen molar-refractivity contribution >= 4 is 34.4 Å². The van der Waals surface area contributed by atoms with E-state index in [1.165, 1.54) is 0 Å². The van der Waals surface area contributed by atoms with Gasteiger partial charge in [0.25, 0.3) is 5.91 Å². The molecule has 3 aromatic rings. The first-order valence-corrected chi connectivity index (χ1v) is 12.2. The van der Waals surface area contributed by atoms with Crippen LogP contribution in [0.4, 0.5) is 10.5 Å². The van der Waals surface area contributed by atoms with E-state index >= 15 is 0 Å². The average Bonchev–Trinajstić information content (AvgIpc) is 2.86. The smallest absolute Gasteiger partial charge is 0.412 e. The third kappa shape index (κ3) is 6.38. The highest BCUT2D eigenvalue weighted by molar-refractivity contribution is 6.07. The highest BCUT2D eigenvalue weighted by atomic mass is 16.6. The molecule has 0 radical (unpaired) electrons. The summed E-state index contributed by atoms with van der Waals surface area (Å²) in [6.07, 6.45) is 3.96. The number of rotatable bonds is 5. The van der Waals surface area contributed by atoms with Gasteiger partial charge in [-0.3, -0.25) is 19.9 Å². The van der Waals surface area contributed by atoms with E-state index in [2.05, 4.69) is 15.6 Å². The third-order valence-corrected chi connectivity index (χ3v) is 6.09. The fourth-order valence-corrected chi connectivity index (χ4v) is 4.29. The lowest BCUT2D eigenvalue weighted by molar-refractivity contribution is -0.126. The number of carbonyl (C=O) groups excluding carboxylic acids is 3. The number of hydrogen-bond acceptors (Lipinski definition) is 5. The number of aromatic nitrogens is 1. The maximum atomic E-state index is 13.5. The quantitative estimate of drug-likeness (QED) is 0.540. The molecule has 8 nitrogen and oxygen atoms in total. The van der Waals surface area contributed by atoms with Crippen LogP contribution in [-0.2, 0) is 16.1 Å². The Labute approximate surface area is 211 Å². The van der Waals surface area contributed by atoms with Gasteiger partial charge in [0.05, 0.1) is 11.3 Å². The van der Waals surface area contributed by atoms with Crippen molar-refractivity contribution < 1.29 is 19.1 Å². The van der Waals surface area contributed by atoms with E-state index < -0.39 is 11.7 Å². The minimum Gasteiger partial charge on any atom is -0.444 e. The second-order valence-corrected chi connectivity index (χ2v) is 10.0. The Kier molecular flexibility index (Phi) is 7.52. The lowest BCUT2D eigenvalue weighted by Crippen LogP contribution is -2.43. The summed E-state index contributed by atoms with van der Waals surface area (Å²) in [7, 11) is 0. The number of carbonyl (C=O) groups is 3. The molecule has 0 aliphatic carbocycles. The number of anilines is 1. The van der Waals surface area contributed by atoms with Crippen LogP contribution in [0.15, 0.2) is 60.9 Å². The normalized spacial score (nSPS) is 14.4. The highest BCUT2D eigenvalue weighted by Crippen LogP contribution is 2.28. The maximum absolute atomic E-state index is 13.5. The summed E-state index contributed by atoms with van der Waals surface area (Å²) in [4.78, 5) is 44.5. The van der Waals surface area contributed by atoms with E-state index in [-0.39, 0.29) is 17.7 Å². The van der Waals surface area contributed by atoms with Crippen LogP contribution in [0.2, 0.25) is 0 Å². The molecule has 188 valence electrons. The summed E-state index contributed by atoms with van der Waals surface area (Å²) >= 11 is 0. The first-order chi connectivity index (χ1) is 17.2. The largest absolute Gasteiger partial charge is 0.444 e. The van der Waals surface area contributed by atoms with Gasteiger partial charge >= 0.3 is 6.09 Å². The van der Waals surface area contributed by atoms with Crippen LogP contribution < -0.4 is 10.6 Å². The zero-order valence-electron chi connectivity index (χ0n) is 20.9. The number of amides is 3. The van der Waals surface area contributed by atoms with Gasteiger partial charge in [0.2, 0.25) is 5.91 Å². The SMILES string of the molecule is CC(C)(C)OC(=O)Nc1cc2ccccc2cc1C(=O)N1CCC(C(=O)NCc2cccnc2)CC1. The van der Waals surface area contributed by atoms with Crippen molar-refractivity contribution in [2.24, 2.45) is 5.92 Å². The molecule has 0 bridgehead atoms. The molecule has 2 heterocycles. The zero-order chi connectivity index (χ0) is 25.7. The second-order valence-electron chi connectivity index (χ2n) is 10.0. The first-order valence-electron chi connectivity index (χ1n) is 12.2. The second kappa shape index (κ2) is 10.8. The van der Waals surface area contributed by atoms with Crippen molar-refractivity contribution in [2.45, 2.75) is 45.8 Å². The van der Waals surface area contributed by atoms with Gasteiger partial charge < -0.3 is 15.0 Å². The van der Waals surface area contributed by atoms with Crippen LogP contribution in [0.1, 0.15) is 49.5 Å².